The van der Waals surface area contributed by atoms with Crippen molar-refractivity contribution in [3.05, 3.63) is 23.3 Å². The van der Waals surface area contributed by atoms with Crippen LogP contribution in [-0.2, 0) is 0 Å². The van der Waals surface area contributed by atoms with Gasteiger partial charge in [0.15, 0.2) is 17.4 Å². The Labute approximate surface area is 122 Å². The van der Waals surface area contributed by atoms with Crippen LogP contribution in [0.4, 0.5) is 14.5 Å². The summed E-state index contributed by atoms with van der Waals surface area (Å²) in [5.41, 5.74) is 4.61. The highest BCUT2D eigenvalue weighted by Crippen LogP contribution is 2.26. The van der Waals surface area contributed by atoms with E-state index < -0.39 is 17.4 Å². The van der Waals surface area contributed by atoms with Crippen LogP contribution >= 0.6 is 0 Å². The lowest BCUT2D eigenvalue weighted by Crippen LogP contribution is -1.95. The lowest BCUT2D eigenvalue weighted by Gasteiger charge is -2.03. The minimum atomic E-state index is -0.901. The maximum Gasteiger partial charge on any atom is 0.167 e. The molecule has 0 atom stereocenters. The van der Waals surface area contributed by atoms with Crippen molar-refractivity contribution in [3.63, 3.8) is 0 Å². The van der Waals surface area contributed by atoms with Crippen LogP contribution in [0.25, 0.3) is 0 Å². The van der Waals surface area contributed by atoms with Crippen molar-refractivity contribution in [1.29, 1.82) is 0 Å². The maximum absolute atomic E-state index is 12.7. The summed E-state index contributed by atoms with van der Waals surface area (Å²) in [7, 11) is 0. The van der Waals surface area contributed by atoms with Crippen molar-refractivity contribution in [3.8, 4) is 5.75 Å². The second kappa shape index (κ2) is 11.5. The highest BCUT2D eigenvalue weighted by atomic mass is 19.1. The van der Waals surface area contributed by atoms with Crippen molar-refractivity contribution in [1.82, 2.24) is 0 Å². The first kappa shape index (κ1) is 21.0. The van der Waals surface area contributed by atoms with Crippen LogP contribution < -0.4 is 5.73 Å². The number of hydrogen-bond donors (Lipinski definition) is 2. The molecule has 1 aromatic carbocycles. The molecule has 0 bridgehead atoms. The molecule has 0 saturated carbocycles. The Morgan fingerprint density at radius 2 is 1.55 bits per heavy atom. The van der Waals surface area contributed by atoms with E-state index in [0.29, 0.717) is 0 Å². The van der Waals surface area contributed by atoms with E-state index in [-0.39, 0.29) is 11.3 Å². The van der Waals surface area contributed by atoms with Gasteiger partial charge in [-0.1, -0.05) is 53.9 Å². The fourth-order valence-corrected chi connectivity index (χ4v) is 1.12. The molecular weight excluding hydrogens is 260 g/mol. The third-order valence-corrected chi connectivity index (χ3v) is 2.15. The van der Waals surface area contributed by atoms with Crippen molar-refractivity contribution < 1.29 is 13.9 Å². The fourth-order valence-electron chi connectivity index (χ4n) is 1.12. The Balaban J connectivity index is 0. The molecule has 1 rings (SSSR count). The number of anilines is 1. The Morgan fingerprint density at radius 3 is 1.85 bits per heavy atom. The average molecular weight is 289 g/mol. The lowest BCUT2D eigenvalue weighted by molar-refractivity contribution is 0.422. The van der Waals surface area contributed by atoms with Crippen molar-refractivity contribution in [2.24, 2.45) is 5.92 Å². The van der Waals surface area contributed by atoms with Crippen LogP contribution in [0.15, 0.2) is 6.07 Å². The van der Waals surface area contributed by atoms with Crippen LogP contribution in [0.5, 0.6) is 5.75 Å². The average Bonchev–Trinajstić information content (AvgIpc) is 2.35. The first-order valence-electron chi connectivity index (χ1n) is 7.11. The van der Waals surface area contributed by atoms with E-state index in [1.165, 1.54) is 26.2 Å². The number of nitrogen functional groups attached to an aromatic ring is 1. The number of benzene rings is 1. The topological polar surface area (TPSA) is 46.2 Å². The first-order valence-corrected chi connectivity index (χ1v) is 7.11. The Kier molecular flexibility index (Phi) is 12.1. The van der Waals surface area contributed by atoms with Gasteiger partial charge >= 0.3 is 0 Å². The monoisotopic (exact) mass is 289 g/mol. The summed E-state index contributed by atoms with van der Waals surface area (Å²) in [5, 5.41) is 8.84. The second-order valence-corrected chi connectivity index (χ2v) is 5.32. The van der Waals surface area contributed by atoms with Crippen molar-refractivity contribution >= 4 is 5.69 Å². The normalized spacial score (nSPS) is 9.45. The number of halogens is 2. The maximum atomic E-state index is 12.7. The van der Waals surface area contributed by atoms with Gasteiger partial charge in [-0.25, -0.2) is 8.78 Å². The van der Waals surface area contributed by atoms with Crippen molar-refractivity contribution in [2.45, 2.75) is 60.8 Å². The number of rotatable bonds is 2. The smallest absolute Gasteiger partial charge is 0.167 e. The molecule has 3 N–H and O–H groups in total. The SMILES string of the molecule is CC(C)C.CCCCC.Cc1c(O)c(F)cc(N)c1F. The van der Waals surface area contributed by atoms with Crippen LogP contribution in [0.3, 0.4) is 0 Å². The summed E-state index contributed by atoms with van der Waals surface area (Å²) in [6, 6.07) is 0.748. The van der Waals surface area contributed by atoms with E-state index in [4.69, 9.17) is 10.8 Å². The third kappa shape index (κ3) is 9.59. The van der Waals surface area contributed by atoms with Gasteiger partial charge in [0.2, 0.25) is 0 Å². The Morgan fingerprint density at radius 1 is 1.15 bits per heavy atom. The van der Waals surface area contributed by atoms with Gasteiger partial charge in [0, 0.05) is 11.6 Å². The molecule has 2 nitrogen and oxygen atoms in total. The molecule has 4 heteroatoms. The summed E-state index contributed by atoms with van der Waals surface area (Å²) >= 11 is 0. The minimum absolute atomic E-state index is 0.164. The van der Waals surface area contributed by atoms with Gasteiger partial charge in [-0.05, 0) is 12.8 Å². The van der Waals surface area contributed by atoms with Crippen LogP contribution in [0, 0.1) is 24.5 Å². The predicted molar refractivity (Wildman–Crippen MR) is 82.9 cm³/mol. The summed E-state index contributed by atoms with van der Waals surface area (Å²) in [6.07, 6.45) is 4.08. The van der Waals surface area contributed by atoms with Gasteiger partial charge in [0.1, 0.15) is 0 Å². The number of phenols is 1. The van der Waals surface area contributed by atoms with E-state index >= 15 is 0 Å². The highest BCUT2D eigenvalue weighted by Gasteiger charge is 2.11. The van der Waals surface area contributed by atoms with Crippen LogP contribution in [-0.4, -0.2) is 5.11 Å². The lowest BCUT2D eigenvalue weighted by atomic mass is 10.2. The van der Waals surface area contributed by atoms with Crippen LogP contribution in [0.1, 0.15) is 59.4 Å². The molecular formula is C16H29F2NO. The fraction of sp³-hybridized carbons (Fsp3) is 0.625. The standard InChI is InChI=1S/C7H7F2NO.C5H12.C4H10/c1-3-6(9)5(10)2-4(8)7(3)11;1-3-5-4-2;1-4(2)3/h2,11H,10H2,1H3;3-5H2,1-2H3;4H,1-3H3. The van der Waals surface area contributed by atoms with Gasteiger partial charge < -0.3 is 10.8 Å². The largest absolute Gasteiger partial charge is 0.505 e. The Hall–Kier alpha value is -1.32. The molecule has 0 aliphatic heterocycles. The summed E-state index contributed by atoms with van der Waals surface area (Å²) in [6.45, 7) is 12.2. The van der Waals surface area contributed by atoms with E-state index in [0.717, 1.165) is 12.0 Å². The zero-order chi connectivity index (χ0) is 16.3. The number of phenolic OH excluding ortho intramolecular Hbond substituents is 1. The van der Waals surface area contributed by atoms with E-state index in [1.807, 2.05) is 0 Å². The molecule has 0 aromatic heterocycles. The molecule has 0 aliphatic rings. The summed E-state index contributed by atoms with van der Waals surface area (Å²) < 4.78 is 25.2. The van der Waals surface area contributed by atoms with Gasteiger partial charge in [-0.15, -0.1) is 0 Å². The van der Waals surface area contributed by atoms with Gasteiger partial charge in [-0.2, -0.15) is 0 Å². The number of aromatic hydroxyl groups is 1. The number of hydrogen-bond acceptors (Lipinski definition) is 2. The molecule has 0 spiro atoms. The molecule has 1 aromatic rings. The second-order valence-electron chi connectivity index (χ2n) is 5.32. The molecule has 0 amide bonds. The van der Waals surface area contributed by atoms with Gasteiger partial charge in [0.05, 0.1) is 5.69 Å². The molecule has 0 aliphatic carbocycles. The predicted octanol–water partition coefficient (Wildman–Crippen LogP) is 5.42. The molecule has 0 fully saturated rings. The number of nitrogens with two attached hydrogens (primary N) is 1. The van der Waals surface area contributed by atoms with E-state index in [9.17, 15) is 8.78 Å². The summed E-state index contributed by atoms with van der Waals surface area (Å²) in [4.78, 5) is 0. The molecule has 0 unspecified atom stereocenters. The molecule has 118 valence electrons. The molecule has 20 heavy (non-hydrogen) atoms. The van der Waals surface area contributed by atoms with Gasteiger partial charge in [-0.3, -0.25) is 0 Å². The van der Waals surface area contributed by atoms with E-state index in [2.05, 4.69) is 34.6 Å². The zero-order valence-corrected chi connectivity index (χ0v) is 13.6. The zero-order valence-electron chi connectivity index (χ0n) is 13.6. The molecule has 0 heterocycles. The van der Waals surface area contributed by atoms with E-state index in [1.54, 1.807) is 0 Å². The highest BCUT2D eigenvalue weighted by molar-refractivity contribution is 5.49. The Bertz CT molecular complexity index is 348. The van der Waals surface area contributed by atoms with Crippen molar-refractivity contribution in [2.75, 3.05) is 5.73 Å². The molecule has 0 radical (unpaired) electrons. The molecule has 0 saturated heterocycles. The van der Waals surface area contributed by atoms with Gasteiger partial charge in [0.25, 0.3) is 0 Å². The quantitative estimate of drug-likeness (QED) is 0.564. The minimum Gasteiger partial charge on any atom is -0.505 e. The third-order valence-electron chi connectivity index (χ3n) is 2.15. The number of unbranched alkanes of at least 4 members (excludes halogenated alkanes) is 2. The summed E-state index contributed by atoms with van der Waals surface area (Å²) in [5.74, 6) is -1.53. The first-order chi connectivity index (χ1) is 9.18. The van der Waals surface area contributed by atoms with Crippen LogP contribution in [0.2, 0.25) is 0 Å².